The van der Waals surface area contributed by atoms with Gasteiger partial charge >= 0.3 is 0 Å². The first-order chi connectivity index (χ1) is 8.90. The number of benzene rings is 1. The maximum absolute atomic E-state index is 4.45. The molecule has 2 aliphatic heterocycles. The van der Waals surface area contributed by atoms with Crippen molar-refractivity contribution in [1.82, 2.24) is 10.3 Å². The summed E-state index contributed by atoms with van der Waals surface area (Å²) in [6, 6.07) is 10.8. The quantitative estimate of drug-likeness (QED) is 0.823. The molecule has 1 N–H and O–H groups in total. The number of fused-ring (bicyclic) bond motifs is 2. The summed E-state index contributed by atoms with van der Waals surface area (Å²) >= 11 is 0. The zero-order valence-corrected chi connectivity index (χ0v) is 10.3. The third kappa shape index (κ3) is 1.58. The van der Waals surface area contributed by atoms with Gasteiger partial charge in [0.1, 0.15) is 0 Å². The van der Waals surface area contributed by atoms with E-state index in [-0.39, 0.29) is 0 Å². The van der Waals surface area contributed by atoms with Gasteiger partial charge in [0.15, 0.2) is 0 Å². The van der Waals surface area contributed by atoms with E-state index in [4.69, 9.17) is 0 Å². The second-order valence-corrected chi connectivity index (χ2v) is 5.46. The Hall–Kier alpha value is -1.61. The van der Waals surface area contributed by atoms with Gasteiger partial charge in [0.25, 0.3) is 0 Å². The molecule has 2 fully saturated rings. The monoisotopic (exact) mass is 239 g/mol. The normalized spacial score (nSPS) is 26.8. The fraction of sp³-hybridized carbons (Fsp3) is 0.400. The highest BCUT2D eigenvalue weighted by atomic mass is 15.2. The molecule has 0 radical (unpaired) electrons. The molecular weight excluding hydrogens is 222 g/mol. The Kier molecular flexibility index (Phi) is 2.27. The van der Waals surface area contributed by atoms with Crippen LogP contribution >= 0.6 is 0 Å². The third-order valence-corrected chi connectivity index (χ3v) is 4.34. The zero-order chi connectivity index (χ0) is 11.9. The number of anilines is 1. The van der Waals surface area contributed by atoms with Crippen LogP contribution < -0.4 is 10.2 Å². The Morgan fingerprint density at radius 1 is 1.11 bits per heavy atom. The van der Waals surface area contributed by atoms with Crippen LogP contribution in [0.4, 0.5) is 5.69 Å². The van der Waals surface area contributed by atoms with Crippen molar-refractivity contribution in [3.63, 3.8) is 0 Å². The number of nitrogens with zero attached hydrogens (tertiary/aromatic N) is 2. The molecule has 0 amide bonds. The van der Waals surface area contributed by atoms with Gasteiger partial charge in [-0.25, -0.2) is 0 Å². The van der Waals surface area contributed by atoms with Crippen molar-refractivity contribution in [3.05, 3.63) is 36.5 Å². The summed E-state index contributed by atoms with van der Waals surface area (Å²) in [5.41, 5.74) is 2.43. The van der Waals surface area contributed by atoms with Crippen molar-refractivity contribution in [1.29, 1.82) is 0 Å². The lowest BCUT2D eigenvalue weighted by molar-refractivity contribution is 0.533. The van der Waals surface area contributed by atoms with Gasteiger partial charge in [0, 0.05) is 43.4 Å². The van der Waals surface area contributed by atoms with Crippen LogP contribution in [0.1, 0.15) is 0 Å². The number of rotatable bonds is 1. The lowest BCUT2D eigenvalue weighted by Crippen LogP contribution is -2.25. The summed E-state index contributed by atoms with van der Waals surface area (Å²) in [5, 5.41) is 4.71. The van der Waals surface area contributed by atoms with Crippen molar-refractivity contribution in [3.8, 4) is 0 Å². The van der Waals surface area contributed by atoms with E-state index in [1.54, 1.807) is 0 Å². The predicted octanol–water partition coefficient (Wildman–Crippen LogP) is 1.89. The topological polar surface area (TPSA) is 28.2 Å². The van der Waals surface area contributed by atoms with Gasteiger partial charge in [-0.05, 0) is 30.0 Å². The Bertz CT molecular complexity index is 569. The van der Waals surface area contributed by atoms with Crippen LogP contribution in [0.15, 0.2) is 36.5 Å². The van der Waals surface area contributed by atoms with E-state index in [9.17, 15) is 0 Å². The van der Waals surface area contributed by atoms with Crippen molar-refractivity contribution < 1.29 is 0 Å². The first-order valence-corrected chi connectivity index (χ1v) is 6.70. The summed E-state index contributed by atoms with van der Waals surface area (Å²) in [6.07, 6.45) is 1.87. The van der Waals surface area contributed by atoms with Gasteiger partial charge in [-0.15, -0.1) is 0 Å². The summed E-state index contributed by atoms with van der Waals surface area (Å²) in [4.78, 5) is 6.96. The van der Waals surface area contributed by atoms with Crippen LogP contribution in [0.5, 0.6) is 0 Å². The maximum atomic E-state index is 4.45. The zero-order valence-electron chi connectivity index (χ0n) is 10.3. The number of aromatic nitrogens is 1. The molecule has 1 aromatic heterocycles. The fourth-order valence-electron chi connectivity index (χ4n) is 3.32. The lowest BCUT2D eigenvalue weighted by atomic mass is 10.0. The molecule has 4 rings (SSSR count). The summed E-state index contributed by atoms with van der Waals surface area (Å²) in [6.45, 7) is 4.76. The molecule has 0 aliphatic carbocycles. The van der Waals surface area contributed by atoms with E-state index in [1.165, 1.54) is 37.3 Å². The highest BCUT2D eigenvalue weighted by Crippen LogP contribution is 2.31. The van der Waals surface area contributed by atoms with Gasteiger partial charge in [-0.2, -0.15) is 0 Å². The molecule has 0 bridgehead atoms. The Labute approximate surface area is 107 Å². The van der Waals surface area contributed by atoms with E-state index >= 15 is 0 Å². The van der Waals surface area contributed by atoms with Crippen LogP contribution in [0.25, 0.3) is 10.9 Å². The minimum atomic E-state index is 0.837. The number of hydrogen-bond acceptors (Lipinski definition) is 3. The minimum Gasteiger partial charge on any atom is -0.371 e. The van der Waals surface area contributed by atoms with Crippen molar-refractivity contribution in [2.45, 2.75) is 0 Å². The average molecular weight is 239 g/mol. The molecule has 18 heavy (non-hydrogen) atoms. The molecule has 0 spiro atoms. The molecular formula is C15H17N3. The van der Waals surface area contributed by atoms with Crippen LogP contribution in [-0.4, -0.2) is 31.2 Å². The highest BCUT2D eigenvalue weighted by Gasteiger charge is 2.36. The minimum absolute atomic E-state index is 0.837. The molecule has 1 aromatic carbocycles. The Morgan fingerprint density at radius 2 is 1.94 bits per heavy atom. The van der Waals surface area contributed by atoms with Crippen molar-refractivity contribution in [2.75, 3.05) is 31.1 Å². The van der Waals surface area contributed by atoms with Crippen LogP contribution in [0.2, 0.25) is 0 Å². The van der Waals surface area contributed by atoms with Gasteiger partial charge in [0.05, 0.1) is 5.52 Å². The van der Waals surface area contributed by atoms with Crippen molar-refractivity contribution >= 4 is 16.6 Å². The fourth-order valence-corrected chi connectivity index (χ4v) is 3.32. The van der Waals surface area contributed by atoms with Gasteiger partial charge in [-0.1, -0.05) is 12.1 Å². The SMILES string of the molecule is c1cnc2cc(N3C[C@H]4CNC[C@H]4C3)ccc2c1. The molecule has 3 nitrogen and oxygen atoms in total. The van der Waals surface area contributed by atoms with E-state index < -0.39 is 0 Å². The first-order valence-electron chi connectivity index (χ1n) is 6.70. The molecule has 3 heteroatoms. The van der Waals surface area contributed by atoms with Gasteiger partial charge in [-0.3, -0.25) is 4.98 Å². The maximum Gasteiger partial charge on any atom is 0.0722 e. The highest BCUT2D eigenvalue weighted by molar-refractivity contribution is 5.82. The first kappa shape index (κ1) is 10.3. The molecule has 3 heterocycles. The van der Waals surface area contributed by atoms with Crippen LogP contribution in [0, 0.1) is 11.8 Å². The van der Waals surface area contributed by atoms with Gasteiger partial charge < -0.3 is 10.2 Å². The molecule has 2 atom stereocenters. The number of nitrogens with one attached hydrogen (secondary N) is 1. The van der Waals surface area contributed by atoms with E-state index in [1.807, 2.05) is 12.3 Å². The number of pyridine rings is 1. The Balaban J connectivity index is 1.67. The average Bonchev–Trinajstić information content (AvgIpc) is 2.99. The van der Waals surface area contributed by atoms with Crippen LogP contribution in [0.3, 0.4) is 0 Å². The molecule has 2 saturated heterocycles. The summed E-state index contributed by atoms with van der Waals surface area (Å²) < 4.78 is 0. The third-order valence-electron chi connectivity index (χ3n) is 4.34. The van der Waals surface area contributed by atoms with Gasteiger partial charge in [0.2, 0.25) is 0 Å². The van der Waals surface area contributed by atoms with Crippen molar-refractivity contribution in [2.24, 2.45) is 11.8 Å². The van der Waals surface area contributed by atoms with Crippen LogP contribution in [-0.2, 0) is 0 Å². The predicted molar refractivity (Wildman–Crippen MR) is 73.8 cm³/mol. The Morgan fingerprint density at radius 3 is 2.78 bits per heavy atom. The standard InChI is InChI=1S/C15H17N3/c1-2-11-3-4-14(6-15(11)17-5-1)18-9-12-7-16-8-13(12)10-18/h1-6,12-13,16H,7-10H2/t12-,13+. The second kappa shape index (κ2) is 3.95. The van der Waals surface area contributed by atoms with E-state index in [2.05, 4.69) is 39.5 Å². The molecule has 92 valence electrons. The van der Waals surface area contributed by atoms with E-state index in [0.717, 1.165) is 17.4 Å². The number of hydrogen-bond donors (Lipinski definition) is 1. The van der Waals surface area contributed by atoms with E-state index in [0.29, 0.717) is 0 Å². The smallest absolute Gasteiger partial charge is 0.0722 e. The second-order valence-electron chi connectivity index (χ2n) is 5.46. The molecule has 0 unspecified atom stereocenters. The lowest BCUT2D eigenvalue weighted by Gasteiger charge is -2.20. The molecule has 2 aromatic rings. The molecule has 2 aliphatic rings. The summed E-state index contributed by atoms with van der Waals surface area (Å²) in [5.74, 6) is 1.67. The largest absolute Gasteiger partial charge is 0.371 e. The summed E-state index contributed by atoms with van der Waals surface area (Å²) in [7, 11) is 0. The molecule has 0 saturated carbocycles.